The van der Waals surface area contributed by atoms with Crippen LogP contribution in [0.25, 0.3) is 21.8 Å². The highest BCUT2D eigenvalue weighted by molar-refractivity contribution is 6.10. The van der Waals surface area contributed by atoms with Crippen LogP contribution in [0.5, 0.6) is 0 Å². The van der Waals surface area contributed by atoms with Crippen LogP contribution in [0.4, 0.5) is 0 Å². The van der Waals surface area contributed by atoms with E-state index < -0.39 is 0 Å². The van der Waals surface area contributed by atoms with Crippen LogP contribution in [0, 0.1) is 0 Å². The molecule has 0 amide bonds. The molecule has 0 aliphatic heterocycles. The molecule has 0 N–H and O–H groups in total. The Labute approximate surface area is 164 Å². The first-order valence-electron chi connectivity index (χ1n) is 9.73. The minimum Gasteiger partial charge on any atom is -0.461 e. The Hall–Kier alpha value is -3.14. The van der Waals surface area contributed by atoms with Crippen molar-refractivity contribution >= 4 is 27.8 Å². The van der Waals surface area contributed by atoms with Gasteiger partial charge in [-0.15, -0.1) is 0 Å². The summed E-state index contributed by atoms with van der Waals surface area (Å²) in [5.74, 6) is -0.193. The molecule has 2 heterocycles. The molecular formula is C24H24N2O2. The Morgan fingerprint density at radius 1 is 1.04 bits per heavy atom. The maximum absolute atomic E-state index is 12.4. The Morgan fingerprint density at radius 2 is 1.75 bits per heavy atom. The van der Waals surface area contributed by atoms with Crippen LogP contribution in [0.3, 0.4) is 0 Å². The summed E-state index contributed by atoms with van der Waals surface area (Å²) in [5, 5.41) is 2.18. The van der Waals surface area contributed by atoms with Crippen LogP contribution < -0.4 is 0 Å². The van der Waals surface area contributed by atoms with E-state index in [4.69, 9.17) is 9.72 Å². The molecule has 142 valence electrons. The van der Waals surface area contributed by atoms with E-state index in [2.05, 4.69) is 60.9 Å². The number of pyridine rings is 1. The second-order valence-corrected chi connectivity index (χ2v) is 7.25. The van der Waals surface area contributed by atoms with Crippen LogP contribution in [0.2, 0.25) is 0 Å². The number of carbonyl (C=O) groups is 1. The number of aromatic nitrogens is 2. The Kier molecular flexibility index (Phi) is 4.86. The summed E-state index contributed by atoms with van der Waals surface area (Å²) in [7, 11) is 0. The number of benzene rings is 2. The van der Waals surface area contributed by atoms with E-state index in [1.54, 1.807) is 0 Å². The van der Waals surface area contributed by atoms with Gasteiger partial charge in [0.25, 0.3) is 0 Å². The van der Waals surface area contributed by atoms with Gasteiger partial charge in [0.1, 0.15) is 5.69 Å². The summed E-state index contributed by atoms with van der Waals surface area (Å²) in [6.07, 6.45) is 0. The summed E-state index contributed by atoms with van der Waals surface area (Å²) >= 11 is 0. The van der Waals surface area contributed by atoms with Gasteiger partial charge in [-0.05, 0) is 30.5 Å². The largest absolute Gasteiger partial charge is 0.461 e. The van der Waals surface area contributed by atoms with Crippen molar-refractivity contribution in [1.82, 2.24) is 9.55 Å². The molecule has 4 nitrogen and oxygen atoms in total. The molecule has 0 spiro atoms. The fourth-order valence-corrected chi connectivity index (χ4v) is 3.75. The van der Waals surface area contributed by atoms with Crippen molar-refractivity contribution in [3.8, 4) is 0 Å². The van der Waals surface area contributed by atoms with E-state index >= 15 is 0 Å². The van der Waals surface area contributed by atoms with Gasteiger partial charge in [0.2, 0.25) is 0 Å². The first kappa shape index (κ1) is 18.2. The zero-order chi connectivity index (χ0) is 19.7. The summed E-state index contributed by atoms with van der Waals surface area (Å²) in [6, 6.07) is 20.6. The molecule has 0 radical (unpaired) electrons. The quantitative estimate of drug-likeness (QED) is 0.432. The lowest BCUT2D eigenvalue weighted by atomic mass is 10.0. The van der Waals surface area contributed by atoms with E-state index in [9.17, 15) is 4.79 Å². The van der Waals surface area contributed by atoms with Crippen molar-refractivity contribution < 1.29 is 9.53 Å². The monoisotopic (exact) mass is 372 g/mol. The number of esters is 1. The second kappa shape index (κ2) is 7.47. The van der Waals surface area contributed by atoms with Gasteiger partial charge in [-0.25, -0.2) is 9.78 Å². The number of hydrogen-bond acceptors (Lipinski definition) is 3. The predicted octanol–water partition coefficient (Wildman–Crippen LogP) is 5.54. The molecule has 0 saturated heterocycles. The zero-order valence-corrected chi connectivity index (χ0v) is 16.5. The number of carbonyl (C=O) groups excluding carboxylic acids is 1. The third-order valence-electron chi connectivity index (χ3n) is 4.99. The molecule has 4 aromatic rings. The lowest BCUT2D eigenvalue weighted by Gasteiger charge is -2.14. The van der Waals surface area contributed by atoms with Gasteiger partial charge in [0.05, 0.1) is 17.8 Å². The average Bonchev–Trinajstić information content (AvgIpc) is 3.02. The van der Waals surface area contributed by atoms with Crippen LogP contribution in [-0.4, -0.2) is 22.1 Å². The first-order valence-corrected chi connectivity index (χ1v) is 9.73. The maximum atomic E-state index is 12.4. The first-order chi connectivity index (χ1) is 13.6. The summed E-state index contributed by atoms with van der Waals surface area (Å²) in [5.41, 5.74) is 4.77. The normalized spacial score (nSPS) is 11.4. The molecule has 0 fully saturated rings. The molecule has 4 heteroatoms. The van der Waals surface area contributed by atoms with Crippen LogP contribution in [-0.2, 0) is 11.3 Å². The Bertz CT molecular complexity index is 1140. The highest BCUT2D eigenvalue weighted by atomic mass is 16.5. The third kappa shape index (κ3) is 3.15. The van der Waals surface area contributed by atoms with E-state index in [1.165, 1.54) is 5.56 Å². The van der Waals surface area contributed by atoms with Gasteiger partial charge in [-0.3, -0.25) is 0 Å². The predicted molar refractivity (Wildman–Crippen MR) is 113 cm³/mol. The van der Waals surface area contributed by atoms with Gasteiger partial charge in [0, 0.05) is 22.8 Å². The number of nitrogens with zero attached hydrogens (tertiary/aromatic N) is 2. The highest BCUT2D eigenvalue weighted by Gasteiger charge is 2.21. The van der Waals surface area contributed by atoms with Crippen molar-refractivity contribution in [3.63, 3.8) is 0 Å². The lowest BCUT2D eigenvalue weighted by Crippen LogP contribution is -2.11. The van der Waals surface area contributed by atoms with Crippen molar-refractivity contribution in [2.45, 2.75) is 33.2 Å². The number of rotatable bonds is 5. The third-order valence-corrected chi connectivity index (χ3v) is 4.99. The molecule has 0 unspecified atom stereocenters. The summed E-state index contributed by atoms with van der Waals surface area (Å²) in [4.78, 5) is 17.1. The van der Waals surface area contributed by atoms with Gasteiger partial charge in [0.15, 0.2) is 0 Å². The molecule has 2 aromatic carbocycles. The molecular weight excluding hydrogens is 348 g/mol. The standard InChI is InChI=1S/C24H24N2O2/c1-4-28-24(27)20-14-19-18-12-8-9-13-21(18)26(15-17-10-6-5-7-11-17)23(19)22(25-20)16(2)3/h5-14,16H,4,15H2,1-3H3. The molecule has 0 saturated carbocycles. The van der Waals surface area contributed by atoms with Gasteiger partial charge in [-0.2, -0.15) is 0 Å². The van der Waals surface area contributed by atoms with E-state index in [0.29, 0.717) is 12.3 Å². The molecule has 0 aliphatic rings. The number of ether oxygens (including phenoxy) is 1. The van der Waals surface area contributed by atoms with Gasteiger partial charge in [-0.1, -0.05) is 62.4 Å². The topological polar surface area (TPSA) is 44.1 Å². The lowest BCUT2D eigenvalue weighted by molar-refractivity contribution is 0.0519. The minimum absolute atomic E-state index is 0.177. The Morgan fingerprint density at radius 3 is 2.46 bits per heavy atom. The van der Waals surface area contributed by atoms with Crippen molar-refractivity contribution in [3.05, 3.63) is 77.6 Å². The highest BCUT2D eigenvalue weighted by Crippen LogP contribution is 2.34. The molecule has 0 bridgehead atoms. The fraction of sp³-hybridized carbons (Fsp3) is 0.250. The van der Waals surface area contributed by atoms with Gasteiger partial charge < -0.3 is 9.30 Å². The SMILES string of the molecule is CCOC(=O)c1cc2c3ccccc3n(Cc3ccccc3)c2c(C(C)C)n1. The molecule has 28 heavy (non-hydrogen) atoms. The summed E-state index contributed by atoms with van der Waals surface area (Å²) in [6.45, 7) is 7.13. The fourth-order valence-electron chi connectivity index (χ4n) is 3.75. The number of hydrogen-bond donors (Lipinski definition) is 0. The van der Waals surface area contributed by atoms with Crippen molar-refractivity contribution in [1.29, 1.82) is 0 Å². The van der Waals surface area contributed by atoms with Crippen LogP contribution in [0.15, 0.2) is 60.7 Å². The smallest absolute Gasteiger partial charge is 0.356 e. The maximum Gasteiger partial charge on any atom is 0.356 e. The number of para-hydroxylation sites is 1. The average molecular weight is 372 g/mol. The van der Waals surface area contributed by atoms with Crippen molar-refractivity contribution in [2.75, 3.05) is 6.61 Å². The van der Waals surface area contributed by atoms with Crippen LogP contribution >= 0.6 is 0 Å². The molecule has 2 aromatic heterocycles. The van der Waals surface area contributed by atoms with Gasteiger partial charge >= 0.3 is 5.97 Å². The van der Waals surface area contributed by atoms with E-state index in [0.717, 1.165) is 34.0 Å². The zero-order valence-electron chi connectivity index (χ0n) is 16.5. The molecule has 4 rings (SSSR count). The van der Waals surface area contributed by atoms with Crippen molar-refractivity contribution in [2.24, 2.45) is 0 Å². The van der Waals surface area contributed by atoms with Crippen LogP contribution in [0.1, 0.15) is 48.4 Å². The van der Waals surface area contributed by atoms with E-state index in [-0.39, 0.29) is 11.9 Å². The van der Waals surface area contributed by atoms with E-state index in [1.807, 2.05) is 25.1 Å². The molecule has 0 atom stereocenters. The number of fused-ring (bicyclic) bond motifs is 3. The summed E-state index contributed by atoms with van der Waals surface area (Å²) < 4.78 is 7.53. The minimum atomic E-state index is -0.369. The second-order valence-electron chi connectivity index (χ2n) is 7.25. The molecule has 0 aliphatic carbocycles. The Balaban J connectivity index is 2.03.